The van der Waals surface area contributed by atoms with Crippen molar-refractivity contribution in [2.24, 2.45) is 11.3 Å². The third-order valence-electron chi connectivity index (χ3n) is 4.29. The Hall–Kier alpha value is -3.30. The molecule has 9 heteroatoms. The number of carbonyl (C=O) groups excluding carboxylic acids is 3. The Bertz CT molecular complexity index is 940. The molecule has 1 heterocycles. The standard InChI is InChI=1S/C19H18N4O4S/c1-19(2)12(8-20)16(25)23-17(13(19)9-21)28-10-15(24)22-14-7-5-4-6-11(14)18(26)27-3/h4-7,12H,10H2,1-3H3,(H,22,24)(H,23,25)/t12-/m1/s1. The third kappa shape index (κ3) is 4.16. The molecule has 1 aromatic carbocycles. The number of methoxy groups -OCH3 is 1. The average Bonchev–Trinajstić information content (AvgIpc) is 2.65. The monoisotopic (exact) mass is 398 g/mol. The van der Waals surface area contributed by atoms with E-state index in [1.807, 2.05) is 12.1 Å². The first-order valence-electron chi connectivity index (χ1n) is 8.21. The molecule has 1 aliphatic rings. The van der Waals surface area contributed by atoms with Crippen LogP contribution >= 0.6 is 11.8 Å². The number of hydrogen-bond acceptors (Lipinski definition) is 7. The van der Waals surface area contributed by atoms with Crippen molar-refractivity contribution in [2.45, 2.75) is 13.8 Å². The molecular formula is C19H18N4O4S. The van der Waals surface area contributed by atoms with Crippen LogP contribution in [0.2, 0.25) is 0 Å². The van der Waals surface area contributed by atoms with Gasteiger partial charge in [0.05, 0.1) is 46.9 Å². The lowest BCUT2D eigenvalue weighted by Gasteiger charge is -2.34. The van der Waals surface area contributed by atoms with E-state index in [2.05, 4.69) is 15.4 Å². The fraction of sp³-hybridized carbons (Fsp3) is 0.316. The molecule has 1 aliphatic heterocycles. The first-order valence-corrected chi connectivity index (χ1v) is 9.20. The quantitative estimate of drug-likeness (QED) is 0.726. The number of allylic oxidation sites excluding steroid dienone is 1. The zero-order chi connectivity index (χ0) is 20.9. The van der Waals surface area contributed by atoms with Gasteiger partial charge in [-0.15, -0.1) is 0 Å². The molecule has 0 radical (unpaired) electrons. The van der Waals surface area contributed by atoms with Crippen LogP contribution in [0.3, 0.4) is 0 Å². The Morgan fingerprint density at radius 1 is 1.32 bits per heavy atom. The van der Waals surface area contributed by atoms with Crippen LogP contribution in [0.25, 0.3) is 0 Å². The Labute approximate surface area is 166 Å². The van der Waals surface area contributed by atoms with Crippen molar-refractivity contribution < 1.29 is 19.1 Å². The van der Waals surface area contributed by atoms with Crippen molar-refractivity contribution in [3.63, 3.8) is 0 Å². The van der Waals surface area contributed by atoms with Gasteiger partial charge in [0.25, 0.3) is 0 Å². The Balaban J connectivity index is 2.16. The van der Waals surface area contributed by atoms with Crippen molar-refractivity contribution in [1.29, 1.82) is 10.5 Å². The SMILES string of the molecule is COC(=O)c1ccccc1NC(=O)CSC1=C(C#N)C(C)(C)[C@H](C#N)C(=O)N1. The molecule has 28 heavy (non-hydrogen) atoms. The molecule has 2 N–H and O–H groups in total. The fourth-order valence-electron chi connectivity index (χ4n) is 2.74. The van der Waals surface area contributed by atoms with Crippen LogP contribution in [0.1, 0.15) is 24.2 Å². The van der Waals surface area contributed by atoms with E-state index in [-0.39, 0.29) is 21.9 Å². The van der Waals surface area contributed by atoms with Gasteiger partial charge in [0, 0.05) is 5.41 Å². The maximum atomic E-state index is 12.3. The molecule has 0 bridgehead atoms. The first kappa shape index (κ1) is 21.0. The van der Waals surface area contributed by atoms with Gasteiger partial charge in [-0.05, 0) is 12.1 Å². The predicted molar refractivity (Wildman–Crippen MR) is 103 cm³/mol. The van der Waals surface area contributed by atoms with Crippen LogP contribution in [-0.4, -0.2) is 30.6 Å². The molecule has 144 valence electrons. The lowest BCUT2D eigenvalue weighted by Crippen LogP contribution is -2.44. The normalized spacial score (nSPS) is 17.8. The molecule has 2 rings (SSSR count). The van der Waals surface area contributed by atoms with Crippen molar-refractivity contribution >= 4 is 35.2 Å². The maximum Gasteiger partial charge on any atom is 0.339 e. The number of rotatable bonds is 5. The largest absolute Gasteiger partial charge is 0.465 e. The Morgan fingerprint density at radius 3 is 2.61 bits per heavy atom. The minimum Gasteiger partial charge on any atom is -0.465 e. The second kappa shape index (κ2) is 8.59. The van der Waals surface area contributed by atoms with E-state index in [1.165, 1.54) is 13.2 Å². The minimum atomic E-state index is -0.993. The van der Waals surface area contributed by atoms with Gasteiger partial charge in [-0.2, -0.15) is 10.5 Å². The molecule has 0 aliphatic carbocycles. The van der Waals surface area contributed by atoms with Gasteiger partial charge in [0.2, 0.25) is 11.8 Å². The molecule has 0 spiro atoms. The molecule has 2 amide bonds. The van der Waals surface area contributed by atoms with E-state index in [0.717, 1.165) is 11.8 Å². The number of hydrogen-bond donors (Lipinski definition) is 2. The number of esters is 1. The summed E-state index contributed by atoms with van der Waals surface area (Å²) < 4.78 is 4.68. The van der Waals surface area contributed by atoms with Gasteiger partial charge in [-0.25, -0.2) is 4.79 Å². The molecule has 8 nitrogen and oxygen atoms in total. The summed E-state index contributed by atoms with van der Waals surface area (Å²) in [4.78, 5) is 36.3. The molecule has 0 saturated heterocycles. The van der Waals surface area contributed by atoms with Crippen LogP contribution in [0.5, 0.6) is 0 Å². The number of anilines is 1. The summed E-state index contributed by atoms with van der Waals surface area (Å²) in [6, 6.07) is 10.4. The molecule has 0 unspecified atom stereocenters. The number of ether oxygens (including phenoxy) is 1. The minimum absolute atomic E-state index is 0.108. The number of carbonyl (C=O) groups is 3. The number of amides is 2. The molecule has 0 saturated carbocycles. The number of para-hydroxylation sites is 1. The van der Waals surface area contributed by atoms with Gasteiger partial charge in [0.15, 0.2) is 0 Å². The summed E-state index contributed by atoms with van der Waals surface area (Å²) >= 11 is 0.984. The summed E-state index contributed by atoms with van der Waals surface area (Å²) in [5.41, 5.74) is -0.218. The molecular weight excluding hydrogens is 380 g/mol. The summed E-state index contributed by atoms with van der Waals surface area (Å²) in [5, 5.41) is 24.1. The Kier molecular flexibility index (Phi) is 6.45. The lowest BCUT2D eigenvalue weighted by molar-refractivity contribution is -0.125. The first-order chi connectivity index (χ1) is 13.3. The van der Waals surface area contributed by atoms with Crippen LogP contribution < -0.4 is 10.6 Å². The predicted octanol–water partition coefficient (Wildman–Crippen LogP) is 2.18. The maximum absolute atomic E-state index is 12.3. The smallest absolute Gasteiger partial charge is 0.339 e. The van der Waals surface area contributed by atoms with E-state index in [4.69, 9.17) is 0 Å². The summed E-state index contributed by atoms with van der Waals surface area (Å²) in [5.74, 6) is -2.62. The van der Waals surface area contributed by atoms with Gasteiger partial charge in [-0.3, -0.25) is 9.59 Å². The summed E-state index contributed by atoms with van der Waals surface area (Å²) in [7, 11) is 1.24. The molecule has 0 aromatic heterocycles. The lowest BCUT2D eigenvalue weighted by atomic mass is 9.72. The highest BCUT2D eigenvalue weighted by Gasteiger charge is 2.44. The van der Waals surface area contributed by atoms with Crippen molar-refractivity contribution in [2.75, 3.05) is 18.2 Å². The number of thioether (sulfide) groups is 1. The van der Waals surface area contributed by atoms with Crippen molar-refractivity contribution in [1.82, 2.24) is 5.32 Å². The summed E-state index contributed by atoms with van der Waals surface area (Å²) in [6.45, 7) is 3.29. The van der Waals surface area contributed by atoms with E-state index in [9.17, 15) is 24.9 Å². The molecule has 1 aromatic rings. The number of nitrogens with one attached hydrogen (secondary N) is 2. The second-order valence-electron chi connectivity index (χ2n) is 6.46. The van der Waals surface area contributed by atoms with Crippen molar-refractivity contribution in [3.05, 3.63) is 40.4 Å². The van der Waals surface area contributed by atoms with E-state index < -0.39 is 29.1 Å². The molecule has 0 fully saturated rings. The van der Waals surface area contributed by atoms with Crippen LogP contribution in [-0.2, 0) is 14.3 Å². The third-order valence-corrected chi connectivity index (χ3v) is 5.29. The van der Waals surface area contributed by atoms with Gasteiger partial charge in [0.1, 0.15) is 5.92 Å². The van der Waals surface area contributed by atoms with E-state index in [0.29, 0.717) is 5.69 Å². The highest BCUT2D eigenvalue weighted by molar-refractivity contribution is 8.03. The number of benzene rings is 1. The molecule has 1 atom stereocenters. The van der Waals surface area contributed by atoms with Gasteiger partial charge in [-0.1, -0.05) is 37.7 Å². The Morgan fingerprint density at radius 2 is 2.00 bits per heavy atom. The van der Waals surface area contributed by atoms with E-state index in [1.54, 1.807) is 32.0 Å². The highest BCUT2D eigenvalue weighted by atomic mass is 32.2. The number of nitrogens with zero attached hydrogens (tertiary/aromatic N) is 2. The fourth-order valence-corrected chi connectivity index (χ4v) is 3.71. The van der Waals surface area contributed by atoms with Crippen LogP contribution in [0.15, 0.2) is 34.9 Å². The summed E-state index contributed by atoms with van der Waals surface area (Å²) in [6.07, 6.45) is 0. The average molecular weight is 398 g/mol. The topological polar surface area (TPSA) is 132 Å². The highest BCUT2D eigenvalue weighted by Crippen LogP contribution is 2.41. The van der Waals surface area contributed by atoms with Crippen LogP contribution in [0.4, 0.5) is 5.69 Å². The van der Waals surface area contributed by atoms with Crippen LogP contribution in [0, 0.1) is 34.0 Å². The second-order valence-corrected chi connectivity index (χ2v) is 7.45. The zero-order valence-electron chi connectivity index (χ0n) is 15.5. The van der Waals surface area contributed by atoms with Crippen molar-refractivity contribution in [3.8, 4) is 12.1 Å². The number of nitriles is 2. The van der Waals surface area contributed by atoms with E-state index >= 15 is 0 Å². The zero-order valence-corrected chi connectivity index (χ0v) is 16.3. The van der Waals surface area contributed by atoms with Gasteiger partial charge >= 0.3 is 5.97 Å². The van der Waals surface area contributed by atoms with Gasteiger partial charge < -0.3 is 15.4 Å².